The highest BCUT2D eigenvalue weighted by atomic mass is 33.1. The fraction of sp³-hybridized carbons (Fsp3) is 0.667. The lowest BCUT2D eigenvalue weighted by atomic mass is 10.2. The van der Waals surface area contributed by atoms with E-state index in [1.807, 2.05) is 21.6 Å². The maximum Gasteiger partial charge on any atom is 0.0342 e. The lowest BCUT2D eigenvalue weighted by Crippen LogP contribution is -1.92. The fourth-order valence-corrected chi connectivity index (χ4v) is 3.13. The van der Waals surface area contributed by atoms with Gasteiger partial charge in [0.15, 0.2) is 0 Å². The summed E-state index contributed by atoms with van der Waals surface area (Å²) in [5.74, 6) is 1.02. The SMILES string of the molecule is SCCCC1C=CSS1. The monoisotopic (exact) mass is 178 g/mol. The van der Waals surface area contributed by atoms with Crippen LogP contribution in [0.1, 0.15) is 12.8 Å². The molecule has 0 spiro atoms. The Morgan fingerprint density at radius 1 is 1.56 bits per heavy atom. The van der Waals surface area contributed by atoms with Crippen molar-refractivity contribution >= 4 is 34.2 Å². The first-order chi connectivity index (χ1) is 4.43. The van der Waals surface area contributed by atoms with E-state index < -0.39 is 0 Å². The third-order valence-corrected chi connectivity index (χ3v) is 3.92. The maximum atomic E-state index is 4.15. The van der Waals surface area contributed by atoms with Crippen molar-refractivity contribution in [3.8, 4) is 0 Å². The van der Waals surface area contributed by atoms with E-state index >= 15 is 0 Å². The van der Waals surface area contributed by atoms with Crippen molar-refractivity contribution in [2.45, 2.75) is 18.1 Å². The third-order valence-electron chi connectivity index (χ3n) is 1.17. The first-order valence-corrected chi connectivity index (χ1v) is 5.94. The summed E-state index contributed by atoms with van der Waals surface area (Å²) >= 11 is 4.15. The molecule has 52 valence electrons. The van der Waals surface area contributed by atoms with Gasteiger partial charge in [0, 0.05) is 5.25 Å². The summed E-state index contributed by atoms with van der Waals surface area (Å²) in [6.45, 7) is 0. The van der Waals surface area contributed by atoms with Crippen LogP contribution < -0.4 is 0 Å². The molecule has 0 nitrogen and oxygen atoms in total. The van der Waals surface area contributed by atoms with Gasteiger partial charge in [-0.3, -0.25) is 0 Å². The van der Waals surface area contributed by atoms with Crippen LogP contribution in [-0.4, -0.2) is 11.0 Å². The van der Waals surface area contributed by atoms with Crippen molar-refractivity contribution in [2.75, 3.05) is 5.75 Å². The minimum atomic E-state index is 0.766. The minimum Gasteiger partial charge on any atom is -0.179 e. The number of rotatable bonds is 3. The van der Waals surface area contributed by atoms with E-state index in [9.17, 15) is 0 Å². The van der Waals surface area contributed by atoms with E-state index in [1.54, 1.807) is 0 Å². The third kappa shape index (κ3) is 2.92. The van der Waals surface area contributed by atoms with Crippen LogP contribution in [0.15, 0.2) is 11.5 Å². The molecule has 0 bridgehead atoms. The summed E-state index contributed by atoms with van der Waals surface area (Å²) in [6.07, 6.45) is 4.81. The van der Waals surface area contributed by atoms with Crippen molar-refractivity contribution < 1.29 is 0 Å². The normalized spacial score (nSPS) is 25.2. The molecule has 1 aliphatic heterocycles. The smallest absolute Gasteiger partial charge is 0.0342 e. The van der Waals surface area contributed by atoms with E-state index in [0.717, 1.165) is 11.0 Å². The zero-order chi connectivity index (χ0) is 6.53. The molecule has 3 heteroatoms. The van der Waals surface area contributed by atoms with Crippen LogP contribution in [0.25, 0.3) is 0 Å². The van der Waals surface area contributed by atoms with Crippen LogP contribution in [0.2, 0.25) is 0 Å². The first-order valence-electron chi connectivity index (χ1n) is 3.03. The van der Waals surface area contributed by atoms with Crippen molar-refractivity contribution in [1.29, 1.82) is 0 Å². The fourth-order valence-electron chi connectivity index (χ4n) is 0.692. The molecule has 0 aliphatic carbocycles. The topological polar surface area (TPSA) is 0 Å². The van der Waals surface area contributed by atoms with E-state index in [2.05, 4.69) is 24.1 Å². The van der Waals surface area contributed by atoms with Gasteiger partial charge in [0.25, 0.3) is 0 Å². The van der Waals surface area contributed by atoms with Gasteiger partial charge in [-0.15, -0.1) is 0 Å². The molecule has 1 aliphatic rings. The standard InChI is InChI=1S/C6H10S3/c7-4-1-2-6-3-5-8-9-6/h3,5-7H,1-2,4H2. The summed E-state index contributed by atoms with van der Waals surface area (Å²) in [6, 6.07) is 0. The average molecular weight is 178 g/mol. The Balaban J connectivity index is 2.05. The minimum absolute atomic E-state index is 0.766. The Morgan fingerprint density at radius 2 is 2.44 bits per heavy atom. The van der Waals surface area contributed by atoms with Gasteiger partial charge in [-0.1, -0.05) is 27.7 Å². The summed E-state index contributed by atoms with van der Waals surface area (Å²) in [5.41, 5.74) is 0. The maximum absolute atomic E-state index is 4.15. The molecule has 1 atom stereocenters. The molecule has 1 rings (SSSR count). The zero-order valence-electron chi connectivity index (χ0n) is 5.12. The molecule has 0 fully saturated rings. The molecule has 0 N–H and O–H groups in total. The summed E-state index contributed by atoms with van der Waals surface area (Å²) < 4.78 is 0. The number of hydrogen-bond acceptors (Lipinski definition) is 3. The van der Waals surface area contributed by atoms with Crippen LogP contribution in [0.4, 0.5) is 0 Å². The van der Waals surface area contributed by atoms with Crippen molar-refractivity contribution in [3.63, 3.8) is 0 Å². The molecule has 0 aromatic heterocycles. The second-order valence-corrected chi connectivity index (χ2v) is 4.79. The Labute approximate surface area is 69.7 Å². The van der Waals surface area contributed by atoms with E-state index in [-0.39, 0.29) is 0 Å². The first kappa shape index (κ1) is 7.89. The van der Waals surface area contributed by atoms with Gasteiger partial charge in [0.1, 0.15) is 0 Å². The molecular formula is C6H10S3. The van der Waals surface area contributed by atoms with Crippen LogP contribution in [0.3, 0.4) is 0 Å². The van der Waals surface area contributed by atoms with Gasteiger partial charge in [-0.05, 0) is 24.0 Å². The number of hydrogen-bond donors (Lipinski definition) is 1. The lowest BCUT2D eigenvalue weighted by Gasteiger charge is -2.01. The van der Waals surface area contributed by atoms with Gasteiger partial charge in [0.05, 0.1) is 0 Å². The van der Waals surface area contributed by atoms with Crippen molar-refractivity contribution in [1.82, 2.24) is 0 Å². The van der Waals surface area contributed by atoms with Gasteiger partial charge in [-0.2, -0.15) is 12.6 Å². The predicted octanol–water partition coefficient (Wildman–Crippen LogP) is 2.97. The highest BCUT2D eigenvalue weighted by Gasteiger charge is 2.08. The molecular weight excluding hydrogens is 168 g/mol. The van der Waals surface area contributed by atoms with Crippen LogP contribution in [-0.2, 0) is 0 Å². The van der Waals surface area contributed by atoms with E-state index in [1.165, 1.54) is 12.8 Å². The molecule has 0 radical (unpaired) electrons. The molecule has 1 unspecified atom stereocenters. The Kier molecular flexibility index (Phi) is 4.02. The molecule has 0 aromatic rings. The second kappa shape index (κ2) is 4.58. The highest BCUT2D eigenvalue weighted by molar-refractivity contribution is 8.78. The molecule has 0 saturated carbocycles. The quantitative estimate of drug-likeness (QED) is 0.521. The highest BCUT2D eigenvalue weighted by Crippen LogP contribution is 2.37. The molecule has 9 heavy (non-hydrogen) atoms. The second-order valence-electron chi connectivity index (χ2n) is 1.93. The van der Waals surface area contributed by atoms with Crippen LogP contribution >= 0.6 is 34.2 Å². The molecule has 1 heterocycles. The number of thiol groups is 1. The summed E-state index contributed by atoms with van der Waals surface area (Å²) in [7, 11) is 3.80. The molecule has 0 saturated heterocycles. The van der Waals surface area contributed by atoms with Gasteiger partial charge in [0.2, 0.25) is 0 Å². The lowest BCUT2D eigenvalue weighted by molar-refractivity contribution is 0.843. The van der Waals surface area contributed by atoms with E-state index in [0.29, 0.717) is 0 Å². The zero-order valence-corrected chi connectivity index (χ0v) is 7.64. The van der Waals surface area contributed by atoms with Crippen molar-refractivity contribution in [3.05, 3.63) is 11.5 Å². The summed E-state index contributed by atoms with van der Waals surface area (Å²) in [4.78, 5) is 0. The molecule has 0 aromatic carbocycles. The average Bonchev–Trinajstić information content (AvgIpc) is 2.34. The molecule has 0 amide bonds. The van der Waals surface area contributed by atoms with Crippen LogP contribution in [0.5, 0.6) is 0 Å². The summed E-state index contributed by atoms with van der Waals surface area (Å²) in [5, 5.41) is 2.94. The van der Waals surface area contributed by atoms with Crippen LogP contribution in [0, 0.1) is 0 Å². The Hall–Kier alpha value is 0.790. The van der Waals surface area contributed by atoms with Gasteiger partial charge in [-0.25, -0.2) is 0 Å². The van der Waals surface area contributed by atoms with Crippen molar-refractivity contribution in [2.24, 2.45) is 0 Å². The van der Waals surface area contributed by atoms with Gasteiger partial charge >= 0.3 is 0 Å². The van der Waals surface area contributed by atoms with Gasteiger partial charge < -0.3 is 0 Å². The Bertz CT molecular complexity index is 100. The Morgan fingerprint density at radius 3 is 3.00 bits per heavy atom. The van der Waals surface area contributed by atoms with E-state index in [4.69, 9.17) is 0 Å². The predicted molar refractivity (Wildman–Crippen MR) is 51.2 cm³/mol. The largest absolute Gasteiger partial charge is 0.179 e.